The van der Waals surface area contributed by atoms with Crippen molar-refractivity contribution < 1.29 is 19.0 Å². The summed E-state index contributed by atoms with van der Waals surface area (Å²) >= 11 is 0. The number of aromatic nitrogens is 1. The van der Waals surface area contributed by atoms with Crippen molar-refractivity contribution in [1.29, 1.82) is 0 Å². The van der Waals surface area contributed by atoms with Gasteiger partial charge in [-0.3, -0.25) is 0 Å². The quantitative estimate of drug-likeness (QED) is 0.715. The Bertz CT molecular complexity index is 680. The van der Waals surface area contributed by atoms with Crippen molar-refractivity contribution in [3.8, 4) is 22.8 Å². The summed E-state index contributed by atoms with van der Waals surface area (Å²) in [4.78, 5) is 16.5. The molecule has 0 fully saturated rings. The highest BCUT2D eigenvalue weighted by Gasteiger charge is 2.15. The van der Waals surface area contributed by atoms with Gasteiger partial charge in [0, 0.05) is 17.7 Å². The molecule has 0 N–H and O–H groups in total. The number of carbonyl (C=O) groups is 1. The van der Waals surface area contributed by atoms with Gasteiger partial charge in [0.05, 0.1) is 25.5 Å². The van der Waals surface area contributed by atoms with Gasteiger partial charge < -0.3 is 14.2 Å². The number of esters is 1. The van der Waals surface area contributed by atoms with Gasteiger partial charge in [-0.1, -0.05) is 6.92 Å². The highest BCUT2D eigenvalue weighted by molar-refractivity contribution is 5.88. The van der Waals surface area contributed by atoms with E-state index in [1.807, 2.05) is 24.3 Å². The van der Waals surface area contributed by atoms with E-state index in [4.69, 9.17) is 14.2 Å². The minimum absolute atomic E-state index is 0.205. The molecular weight excluding hydrogens is 306 g/mol. The van der Waals surface area contributed by atoms with Crippen LogP contribution < -0.4 is 9.47 Å². The van der Waals surface area contributed by atoms with E-state index in [1.165, 1.54) is 0 Å². The van der Waals surface area contributed by atoms with Crippen LogP contribution in [0.15, 0.2) is 36.4 Å². The number of ether oxygens (including phenoxy) is 3. The average Bonchev–Trinajstić information content (AvgIpc) is 2.59. The van der Waals surface area contributed by atoms with E-state index in [0.717, 1.165) is 17.7 Å². The minimum atomic E-state index is -0.465. The molecule has 0 aliphatic heterocycles. The average molecular weight is 329 g/mol. The first-order valence-corrected chi connectivity index (χ1v) is 8.03. The van der Waals surface area contributed by atoms with Crippen molar-refractivity contribution in [2.45, 2.75) is 33.3 Å². The topological polar surface area (TPSA) is 57.7 Å². The van der Waals surface area contributed by atoms with E-state index in [1.54, 1.807) is 33.1 Å². The standard InChI is InChI=1S/C19H23NO4/c1-5-10-23-15-8-6-14(7-9-15)17-11-16(22-4)12-18(20-17)19(21)24-13(2)3/h6-9,11-13H,5,10H2,1-4H3. The Hall–Kier alpha value is -2.56. The van der Waals surface area contributed by atoms with Crippen molar-refractivity contribution in [2.75, 3.05) is 13.7 Å². The Balaban J connectivity index is 2.30. The molecule has 0 aliphatic carbocycles. The largest absolute Gasteiger partial charge is 0.497 e. The Labute approximate surface area is 142 Å². The van der Waals surface area contributed by atoms with Crippen molar-refractivity contribution >= 4 is 5.97 Å². The Kier molecular flexibility index (Phi) is 6.18. The molecule has 0 saturated carbocycles. The maximum atomic E-state index is 12.1. The second kappa shape index (κ2) is 8.34. The molecule has 1 heterocycles. The van der Waals surface area contributed by atoms with Crippen molar-refractivity contribution in [1.82, 2.24) is 4.98 Å². The van der Waals surface area contributed by atoms with Crippen LogP contribution in [0.4, 0.5) is 0 Å². The zero-order valence-electron chi connectivity index (χ0n) is 14.5. The maximum Gasteiger partial charge on any atom is 0.357 e. The fourth-order valence-corrected chi connectivity index (χ4v) is 2.09. The van der Waals surface area contributed by atoms with Crippen LogP contribution in [0.25, 0.3) is 11.3 Å². The monoisotopic (exact) mass is 329 g/mol. The number of pyridine rings is 1. The summed E-state index contributed by atoms with van der Waals surface area (Å²) in [6.45, 7) is 6.34. The fraction of sp³-hybridized carbons (Fsp3) is 0.368. The predicted octanol–water partition coefficient (Wildman–Crippen LogP) is 4.11. The van der Waals surface area contributed by atoms with Gasteiger partial charge in [0.2, 0.25) is 0 Å². The normalized spacial score (nSPS) is 10.5. The molecule has 2 aromatic rings. The third-order valence-corrected chi connectivity index (χ3v) is 3.21. The summed E-state index contributed by atoms with van der Waals surface area (Å²) in [6, 6.07) is 11.0. The van der Waals surface area contributed by atoms with Crippen LogP contribution in [-0.2, 0) is 4.74 Å². The molecule has 24 heavy (non-hydrogen) atoms. The molecule has 0 spiro atoms. The van der Waals surface area contributed by atoms with Crippen LogP contribution in [0.1, 0.15) is 37.7 Å². The van der Waals surface area contributed by atoms with Crippen LogP contribution >= 0.6 is 0 Å². The second-order valence-corrected chi connectivity index (χ2v) is 5.60. The molecule has 0 aliphatic rings. The molecule has 0 bridgehead atoms. The summed E-state index contributed by atoms with van der Waals surface area (Å²) < 4.78 is 16.1. The SMILES string of the molecule is CCCOc1ccc(-c2cc(OC)cc(C(=O)OC(C)C)n2)cc1. The number of nitrogens with zero attached hydrogens (tertiary/aromatic N) is 1. The summed E-state index contributed by atoms with van der Waals surface area (Å²) in [5.74, 6) is 0.901. The molecule has 0 atom stereocenters. The first kappa shape index (κ1) is 17.8. The first-order chi connectivity index (χ1) is 11.5. The van der Waals surface area contributed by atoms with Crippen LogP contribution in [0.5, 0.6) is 11.5 Å². The predicted molar refractivity (Wildman–Crippen MR) is 92.6 cm³/mol. The lowest BCUT2D eigenvalue weighted by atomic mass is 10.1. The van der Waals surface area contributed by atoms with E-state index in [2.05, 4.69) is 11.9 Å². The van der Waals surface area contributed by atoms with Gasteiger partial charge in [0.1, 0.15) is 11.5 Å². The molecule has 0 saturated heterocycles. The molecule has 0 radical (unpaired) electrons. The first-order valence-electron chi connectivity index (χ1n) is 8.03. The Morgan fingerprint density at radius 3 is 2.42 bits per heavy atom. The van der Waals surface area contributed by atoms with E-state index < -0.39 is 5.97 Å². The van der Waals surface area contributed by atoms with Crippen LogP contribution in [0.3, 0.4) is 0 Å². The molecule has 128 valence electrons. The van der Waals surface area contributed by atoms with Gasteiger partial charge in [-0.2, -0.15) is 0 Å². The molecule has 2 rings (SSSR count). The molecule has 0 amide bonds. The smallest absolute Gasteiger partial charge is 0.357 e. The summed E-state index contributed by atoms with van der Waals surface area (Å²) in [5.41, 5.74) is 1.74. The van der Waals surface area contributed by atoms with Gasteiger partial charge in [0.25, 0.3) is 0 Å². The summed E-state index contributed by atoms with van der Waals surface area (Å²) in [6.07, 6.45) is 0.754. The maximum absolute atomic E-state index is 12.1. The zero-order chi connectivity index (χ0) is 17.5. The zero-order valence-corrected chi connectivity index (χ0v) is 14.5. The van der Waals surface area contributed by atoms with Gasteiger partial charge in [0.15, 0.2) is 5.69 Å². The van der Waals surface area contributed by atoms with Crippen LogP contribution in [-0.4, -0.2) is 30.8 Å². The van der Waals surface area contributed by atoms with Crippen LogP contribution in [0, 0.1) is 0 Å². The number of benzene rings is 1. The third kappa shape index (κ3) is 4.72. The van der Waals surface area contributed by atoms with Crippen molar-refractivity contribution in [3.63, 3.8) is 0 Å². The Morgan fingerprint density at radius 1 is 1.12 bits per heavy atom. The van der Waals surface area contributed by atoms with E-state index in [-0.39, 0.29) is 11.8 Å². The molecule has 5 nitrogen and oxygen atoms in total. The highest BCUT2D eigenvalue weighted by atomic mass is 16.5. The van der Waals surface area contributed by atoms with E-state index in [0.29, 0.717) is 18.1 Å². The van der Waals surface area contributed by atoms with Crippen molar-refractivity contribution in [2.24, 2.45) is 0 Å². The van der Waals surface area contributed by atoms with Gasteiger partial charge >= 0.3 is 5.97 Å². The van der Waals surface area contributed by atoms with Crippen LogP contribution in [0.2, 0.25) is 0 Å². The van der Waals surface area contributed by atoms with Crippen molar-refractivity contribution in [3.05, 3.63) is 42.1 Å². The molecule has 1 aromatic heterocycles. The van der Waals surface area contributed by atoms with E-state index >= 15 is 0 Å². The second-order valence-electron chi connectivity index (χ2n) is 5.60. The summed E-state index contributed by atoms with van der Waals surface area (Å²) in [5, 5.41) is 0. The number of carbonyl (C=O) groups excluding carboxylic acids is 1. The van der Waals surface area contributed by atoms with Gasteiger partial charge in [-0.15, -0.1) is 0 Å². The lowest BCUT2D eigenvalue weighted by Crippen LogP contribution is -2.13. The Morgan fingerprint density at radius 2 is 1.83 bits per heavy atom. The molecular formula is C19H23NO4. The lowest BCUT2D eigenvalue weighted by Gasteiger charge is -2.11. The van der Waals surface area contributed by atoms with Gasteiger partial charge in [-0.25, -0.2) is 9.78 Å². The van der Waals surface area contributed by atoms with E-state index in [9.17, 15) is 4.79 Å². The lowest BCUT2D eigenvalue weighted by molar-refractivity contribution is 0.0370. The number of hydrogen-bond acceptors (Lipinski definition) is 5. The molecule has 1 aromatic carbocycles. The number of methoxy groups -OCH3 is 1. The third-order valence-electron chi connectivity index (χ3n) is 3.21. The minimum Gasteiger partial charge on any atom is -0.497 e. The molecule has 0 unspecified atom stereocenters. The van der Waals surface area contributed by atoms with Gasteiger partial charge in [-0.05, 0) is 44.5 Å². The highest BCUT2D eigenvalue weighted by Crippen LogP contribution is 2.25. The summed E-state index contributed by atoms with van der Waals surface area (Å²) in [7, 11) is 1.55. The number of hydrogen-bond donors (Lipinski definition) is 0. The number of rotatable bonds is 7. The fourth-order valence-electron chi connectivity index (χ4n) is 2.09. The molecule has 5 heteroatoms.